The molecule has 3 nitrogen and oxygen atoms in total. The summed E-state index contributed by atoms with van der Waals surface area (Å²) >= 11 is 0. The molecule has 0 radical (unpaired) electrons. The molecule has 1 aromatic rings. The van der Waals surface area contributed by atoms with E-state index in [9.17, 15) is 4.79 Å². The van der Waals surface area contributed by atoms with E-state index in [1.807, 2.05) is 38.2 Å². The van der Waals surface area contributed by atoms with Crippen LogP contribution >= 0.6 is 0 Å². The van der Waals surface area contributed by atoms with Crippen molar-refractivity contribution in [2.24, 2.45) is 0 Å². The van der Waals surface area contributed by atoms with Crippen molar-refractivity contribution in [1.29, 1.82) is 0 Å². The Bertz CT molecular complexity index is 423. The van der Waals surface area contributed by atoms with Crippen molar-refractivity contribution in [2.45, 2.75) is 26.2 Å². The molecule has 0 saturated carbocycles. The molecule has 0 saturated heterocycles. The number of carbonyl (C=O) groups is 1. The van der Waals surface area contributed by atoms with Crippen LogP contribution in [0.15, 0.2) is 36.4 Å². The smallest absolute Gasteiger partial charge is 0.223 e. The van der Waals surface area contributed by atoms with Crippen molar-refractivity contribution >= 4 is 11.6 Å². The van der Waals surface area contributed by atoms with E-state index in [0.717, 1.165) is 16.8 Å². The molecule has 1 aromatic carbocycles. The van der Waals surface area contributed by atoms with Crippen LogP contribution < -0.4 is 5.73 Å². The molecule has 1 rings (SSSR count). The number of nitrogens with two attached hydrogens (primary N) is 1. The van der Waals surface area contributed by atoms with Gasteiger partial charge in [0.2, 0.25) is 5.91 Å². The fourth-order valence-electron chi connectivity index (χ4n) is 1.85. The molecule has 0 aromatic heterocycles. The predicted octanol–water partition coefficient (Wildman–Crippen LogP) is 2.80. The zero-order chi connectivity index (χ0) is 13.7. The second-order valence-corrected chi connectivity index (χ2v) is 4.98. The highest BCUT2D eigenvalue weighted by atomic mass is 16.2. The topological polar surface area (TPSA) is 46.3 Å². The van der Waals surface area contributed by atoms with Crippen LogP contribution in [0.1, 0.15) is 31.7 Å². The summed E-state index contributed by atoms with van der Waals surface area (Å²) in [6.07, 6.45) is 0.508. The summed E-state index contributed by atoms with van der Waals surface area (Å²) in [6, 6.07) is 7.69. The summed E-state index contributed by atoms with van der Waals surface area (Å²) in [5, 5.41) is 0. The molecular formula is C15H22N2O. The van der Waals surface area contributed by atoms with Crippen LogP contribution in [0, 0.1) is 0 Å². The van der Waals surface area contributed by atoms with Gasteiger partial charge in [0, 0.05) is 25.7 Å². The third-order valence-corrected chi connectivity index (χ3v) is 2.92. The molecular weight excluding hydrogens is 224 g/mol. The predicted molar refractivity (Wildman–Crippen MR) is 76.3 cm³/mol. The molecule has 0 fully saturated rings. The molecule has 1 amide bonds. The summed E-state index contributed by atoms with van der Waals surface area (Å²) in [5.41, 5.74) is 8.52. The van der Waals surface area contributed by atoms with Crippen LogP contribution in [0.2, 0.25) is 0 Å². The van der Waals surface area contributed by atoms with Crippen molar-refractivity contribution in [1.82, 2.24) is 4.90 Å². The van der Waals surface area contributed by atoms with Gasteiger partial charge in [0.05, 0.1) is 0 Å². The van der Waals surface area contributed by atoms with E-state index in [2.05, 4.69) is 13.5 Å². The van der Waals surface area contributed by atoms with Crippen molar-refractivity contribution in [3.63, 3.8) is 0 Å². The summed E-state index contributed by atoms with van der Waals surface area (Å²) in [6.45, 7) is 8.41. The average molecular weight is 246 g/mol. The zero-order valence-corrected chi connectivity index (χ0v) is 11.4. The highest BCUT2D eigenvalue weighted by Gasteiger charge is 2.14. The molecule has 18 heavy (non-hydrogen) atoms. The number of anilines is 1. The Balaban J connectivity index is 2.59. The Kier molecular flexibility index (Phi) is 4.95. The lowest BCUT2D eigenvalue weighted by Gasteiger charge is -2.20. The molecule has 0 spiro atoms. The Morgan fingerprint density at radius 2 is 1.94 bits per heavy atom. The maximum absolute atomic E-state index is 12.0. The Morgan fingerprint density at radius 1 is 1.39 bits per heavy atom. The highest BCUT2D eigenvalue weighted by molar-refractivity contribution is 5.77. The van der Waals surface area contributed by atoms with Crippen LogP contribution in [0.25, 0.3) is 0 Å². The first-order chi connectivity index (χ1) is 8.40. The maximum atomic E-state index is 12.0. The van der Waals surface area contributed by atoms with Crippen molar-refractivity contribution in [2.75, 3.05) is 19.3 Å². The largest absolute Gasteiger partial charge is 0.399 e. The van der Waals surface area contributed by atoms with Crippen LogP contribution in [0.4, 0.5) is 5.69 Å². The monoisotopic (exact) mass is 246 g/mol. The number of benzene rings is 1. The SMILES string of the molecule is C=C(C)CN(C)C(=O)CC(C)c1ccc(N)cc1. The molecule has 3 heteroatoms. The van der Waals surface area contributed by atoms with Crippen molar-refractivity contribution in [3.8, 4) is 0 Å². The van der Waals surface area contributed by atoms with Gasteiger partial charge in [-0.05, 0) is 30.5 Å². The molecule has 98 valence electrons. The van der Waals surface area contributed by atoms with Crippen LogP contribution in [0.3, 0.4) is 0 Å². The average Bonchev–Trinajstić information content (AvgIpc) is 2.28. The number of likely N-dealkylation sites (N-methyl/N-ethyl adjacent to an activating group) is 1. The number of amides is 1. The zero-order valence-electron chi connectivity index (χ0n) is 11.4. The molecule has 1 atom stereocenters. The number of hydrogen-bond acceptors (Lipinski definition) is 2. The van der Waals surface area contributed by atoms with Gasteiger partial charge in [-0.1, -0.05) is 31.2 Å². The number of nitrogens with zero attached hydrogens (tertiary/aromatic N) is 1. The van der Waals surface area contributed by atoms with E-state index in [0.29, 0.717) is 13.0 Å². The molecule has 1 unspecified atom stereocenters. The molecule has 0 aliphatic carbocycles. The summed E-state index contributed by atoms with van der Waals surface area (Å²) in [5.74, 6) is 0.341. The lowest BCUT2D eigenvalue weighted by molar-refractivity contribution is -0.129. The second kappa shape index (κ2) is 6.24. The molecule has 0 bridgehead atoms. The van der Waals surface area contributed by atoms with Crippen molar-refractivity contribution < 1.29 is 4.79 Å². The minimum Gasteiger partial charge on any atom is -0.399 e. The molecule has 2 N–H and O–H groups in total. The van der Waals surface area contributed by atoms with Crippen LogP contribution in [-0.2, 0) is 4.79 Å². The first-order valence-electron chi connectivity index (χ1n) is 6.14. The summed E-state index contributed by atoms with van der Waals surface area (Å²) < 4.78 is 0. The number of rotatable bonds is 5. The third-order valence-electron chi connectivity index (χ3n) is 2.92. The quantitative estimate of drug-likeness (QED) is 0.641. The van der Waals surface area contributed by atoms with E-state index in [1.54, 1.807) is 4.90 Å². The van der Waals surface area contributed by atoms with Crippen LogP contribution in [-0.4, -0.2) is 24.4 Å². The van der Waals surface area contributed by atoms with E-state index >= 15 is 0 Å². The summed E-state index contributed by atoms with van der Waals surface area (Å²) in [4.78, 5) is 13.7. The van der Waals surface area contributed by atoms with Gasteiger partial charge in [0.1, 0.15) is 0 Å². The lowest BCUT2D eigenvalue weighted by Crippen LogP contribution is -2.29. The van der Waals surface area contributed by atoms with Gasteiger partial charge in [0.15, 0.2) is 0 Å². The van der Waals surface area contributed by atoms with Gasteiger partial charge in [-0.15, -0.1) is 0 Å². The van der Waals surface area contributed by atoms with E-state index in [4.69, 9.17) is 5.73 Å². The van der Waals surface area contributed by atoms with Gasteiger partial charge < -0.3 is 10.6 Å². The highest BCUT2D eigenvalue weighted by Crippen LogP contribution is 2.20. The van der Waals surface area contributed by atoms with E-state index < -0.39 is 0 Å². The Hall–Kier alpha value is -1.77. The van der Waals surface area contributed by atoms with Crippen LogP contribution in [0.5, 0.6) is 0 Å². The maximum Gasteiger partial charge on any atom is 0.223 e. The summed E-state index contributed by atoms with van der Waals surface area (Å²) in [7, 11) is 1.81. The minimum absolute atomic E-state index is 0.141. The van der Waals surface area contributed by atoms with Gasteiger partial charge >= 0.3 is 0 Å². The van der Waals surface area contributed by atoms with E-state index in [1.165, 1.54) is 0 Å². The Morgan fingerprint density at radius 3 is 2.44 bits per heavy atom. The first kappa shape index (κ1) is 14.3. The normalized spacial score (nSPS) is 11.9. The fraction of sp³-hybridized carbons (Fsp3) is 0.400. The third kappa shape index (κ3) is 4.24. The van der Waals surface area contributed by atoms with E-state index in [-0.39, 0.29) is 11.8 Å². The second-order valence-electron chi connectivity index (χ2n) is 4.98. The Labute approximate surface area is 109 Å². The fourth-order valence-corrected chi connectivity index (χ4v) is 1.85. The molecule has 0 heterocycles. The number of hydrogen-bond donors (Lipinski definition) is 1. The molecule has 0 aliphatic rings. The first-order valence-corrected chi connectivity index (χ1v) is 6.14. The van der Waals surface area contributed by atoms with Gasteiger partial charge in [-0.2, -0.15) is 0 Å². The van der Waals surface area contributed by atoms with Gasteiger partial charge in [-0.25, -0.2) is 0 Å². The standard InChI is InChI=1S/C15H22N2O/c1-11(2)10-17(4)15(18)9-12(3)13-5-7-14(16)8-6-13/h5-8,12H,1,9-10,16H2,2-4H3. The molecule has 0 aliphatic heterocycles. The minimum atomic E-state index is 0.141. The lowest BCUT2D eigenvalue weighted by atomic mass is 9.97. The van der Waals surface area contributed by atoms with Gasteiger partial charge in [0.25, 0.3) is 0 Å². The van der Waals surface area contributed by atoms with Gasteiger partial charge in [-0.3, -0.25) is 4.79 Å². The number of nitrogen functional groups attached to an aromatic ring is 1. The van der Waals surface area contributed by atoms with Crippen molar-refractivity contribution in [3.05, 3.63) is 42.0 Å². The number of carbonyl (C=O) groups excluding carboxylic acids is 1.